The summed E-state index contributed by atoms with van der Waals surface area (Å²) in [5, 5.41) is 21.6. The van der Waals surface area contributed by atoms with Crippen molar-refractivity contribution in [1.29, 1.82) is 0 Å². The molecule has 3 nitrogen and oxygen atoms in total. The van der Waals surface area contributed by atoms with Gasteiger partial charge in [0.15, 0.2) is 0 Å². The summed E-state index contributed by atoms with van der Waals surface area (Å²) in [7, 11) is 0. The van der Waals surface area contributed by atoms with Crippen molar-refractivity contribution >= 4 is 0 Å². The molecule has 4 unspecified atom stereocenters. The van der Waals surface area contributed by atoms with Crippen molar-refractivity contribution in [2.24, 2.45) is 45.3 Å². The zero-order valence-electron chi connectivity index (χ0n) is 22.2. The van der Waals surface area contributed by atoms with Gasteiger partial charge >= 0.3 is 0 Å². The van der Waals surface area contributed by atoms with Gasteiger partial charge in [0.1, 0.15) is 0 Å². The topological polar surface area (TPSA) is 49.7 Å². The van der Waals surface area contributed by atoms with Crippen LogP contribution in [0.1, 0.15) is 93.4 Å². The van der Waals surface area contributed by atoms with Crippen molar-refractivity contribution in [2.45, 2.75) is 111 Å². The number of allylic oxidation sites excluding steroid dienone is 2. The molecule has 3 heteroatoms. The average molecular weight is 457 g/mol. The van der Waals surface area contributed by atoms with E-state index in [4.69, 9.17) is 4.74 Å². The highest BCUT2D eigenvalue weighted by Crippen LogP contribution is 2.77. The first kappa shape index (κ1) is 24.1. The van der Waals surface area contributed by atoms with Crippen LogP contribution in [0.5, 0.6) is 0 Å². The van der Waals surface area contributed by atoms with E-state index in [2.05, 4.69) is 60.6 Å². The van der Waals surface area contributed by atoms with Crippen molar-refractivity contribution in [1.82, 2.24) is 0 Å². The number of rotatable bonds is 4. The lowest BCUT2D eigenvalue weighted by Gasteiger charge is -2.65. The summed E-state index contributed by atoms with van der Waals surface area (Å²) < 4.78 is 6.82. The number of ether oxygens (including phenoxy) is 1. The van der Waals surface area contributed by atoms with E-state index < -0.39 is 0 Å². The van der Waals surface area contributed by atoms with Crippen LogP contribution in [0.15, 0.2) is 23.8 Å². The molecule has 4 fully saturated rings. The first-order valence-corrected chi connectivity index (χ1v) is 13.7. The second kappa shape index (κ2) is 7.43. The minimum atomic E-state index is -0.329. The Kier molecular flexibility index (Phi) is 5.42. The Hall–Kier alpha value is -0.640. The van der Waals surface area contributed by atoms with Gasteiger partial charge in [0, 0.05) is 16.7 Å². The van der Waals surface area contributed by atoms with Gasteiger partial charge in [0.25, 0.3) is 0 Å². The lowest BCUT2D eigenvalue weighted by atomic mass is 9.38. The zero-order chi connectivity index (χ0) is 24.0. The molecule has 0 amide bonds. The SMILES string of the molecule is CC(C)=CC(O)CC(C)[C@H]1CC[C@@]2(C)C3C=C[C@@]45OC[C@]3(CC[C@]12C)C4CC[C@H](O)C5(C)C. The van der Waals surface area contributed by atoms with Crippen LogP contribution in [0.4, 0.5) is 0 Å². The largest absolute Gasteiger partial charge is 0.392 e. The molecule has 1 saturated heterocycles. The Labute approximate surface area is 202 Å². The van der Waals surface area contributed by atoms with Crippen molar-refractivity contribution < 1.29 is 14.9 Å². The highest BCUT2D eigenvalue weighted by molar-refractivity contribution is 5.33. The standard InChI is InChI=1S/C30H48O3/c1-19(2)16-21(31)17-20(3)22-10-12-28(7)23-11-13-30-24(8-9-25(32)26(30,4)5)29(23,18-33-30)15-14-27(22,28)6/h11,13,16,20-25,31-32H,8-10,12,14-15,17-18H2,1-7H3/t20?,21?,22-,23?,24?,25+,27-,28+,29+,30-/m1/s1. The lowest BCUT2D eigenvalue weighted by molar-refractivity contribution is -0.169. The summed E-state index contributed by atoms with van der Waals surface area (Å²) in [4.78, 5) is 0. The molecule has 5 aliphatic rings. The van der Waals surface area contributed by atoms with Gasteiger partial charge in [0.05, 0.1) is 24.4 Å². The van der Waals surface area contributed by atoms with Crippen LogP contribution in [0.25, 0.3) is 0 Å². The summed E-state index contributed by atoms with van der Waals surface area (Å²) in [6.07, 6.45) is 14.3. The second-order valence-corrected chi connectivity index (χ2v) is 14.0. The fourth-order valence-electron chi connectivity index (χ4n) is 10.2. The molecular weight excluding hydrogens is 408 g/mol. The number of fused-ring (bicyclic) bond motifs is 2. The first-order valence-electron chi connectivity index (χ1n) is 13.7. The van der Waals surface area contributed by atoms with E-state index in [-0.39, 0.29) is 34.1 Å². The maximum Gasteiger partial charge on any atom is 0.0972 e. The van der Waals surface area contributed by atoms with Crippen molar-refractivity contribution in [3.63, 3.8) is 0 Å². The van der Waals surface area contributed by atoms with Gasteiger partial charge in [-0.3, -0.25) is 0 Å². The van der Waals surface area contributed by atoms with Crippen LogP contribution in [-0.4, -0.2) is 34.6 Å². The van der Waals surface area contributed by atoms with Crippen molar-refractivity contribution in [3.8, 4) is 0 Å². The van der Waals surface area contributed by atoms with Crippen LogP contribution in [0.2, 0.25) is 0 Å². The first-order chi connectivity index (χ1) is 15.3. The summed E-state index contributed by atoms with van der Waals surface area (Å²) in [6.45, 7) is 17.0. The molecule has 3 saturated carbocycles. The molecule has 0 aromatic carbocycles. The normalized spacial score (nSPS) is 51.3. The van der Waals surface area contributed by atoms with Crippen LogP contribution in [0.3, 0.4) is 0 Å². The molecule has 4 aliphatic carbocycles. The zero-order valence-corrected chi connectivity index (χ0v) is 22.2. The van der Waals surface area contributed by atoms with Crippen LogP contribution >= 0.6 is 0 Å². The average Bonchev–Trinajstić information content (AvgIpc) is 3.11. The van der Waals surface area contributed by atoms with E-state index in [0.717, 1.165) is 25.9 Å². The molecular formula is C30H48O3. The third kappa shape index (κ3) is 2.91. The molecule has 0 radical (unpaired) electrons. The van der Waals surface area contributed by atoms with Gasteiger partial charge in [0.2, 0.25) is 0 Å². The third-order valence-electron chi connectivity index (χ3n) is 12.2. The van der Waals surface area contributed by atoms with Gasteiger partial charge in [-0.15, -0.1) is 0 Å². The van der Waals surface area contributed by atoms with E-state index in [0.29, 0.717) is 29.1 Å². The Bertz CT molecular complexity index is 855. The molecule has 5 rings (SSSR count). The predicted molar refractivity (Wildman–Crippen MR) is 134 cm³/mol. The van der Waals surface area contributed by atoms with Crippen LogP contribution in [0, 0.1) is 45.3 Å². The van der Waals surface area contributed by atoms with Gasteiger partial charge in [-0.05, 0) is 87.4 Å². The molecule has 186 valence electrons. The summed E-state index contributed by atoms with van der Waals surface area (Å²) in [6, 6.07) is 0. The van der Waals surface area contributed by atoms with Gasteiger partial charge in [-0.1, -0.05) is 58.4 Å². The van der Waals surface area contributed by atoms with Gasteiger partial charge in [-0.25, -0.2) is 0 Å². The Morgan fingerprint density at radius 1 is 1.06 bits per heavy atom. The molecule has 2 bridgehead atoms. The predicted octanol–water partition coefficient (Wildman–Crippen LogP) is 6.29. The van der Waals surface area contributed by atoms with Crippen molar-refractivity contribution in [3.05, 3.63) is 23.8 Å². The minimum Gasteiger partial charge on any atom is -0.392 e. The van der Waals surface area contributed by atoms with Gasteiger partial charge < -0.3 is 14.9 Å². The molecule has 0 aromatic heterocycles. The molecule has 1 aliphatic heterocycles. The summed E-state index contributed by atoms with van der Waals surface area (Å²) in [5.74, 6) is 2.25. The monoisotopic (exact) mass is 456 g/mol. The third-order valence-corrected chi connectivity index (χ3v) is 12.2. The molecule has 2 N–H and O–H groups in total. The quantitative estimate of drug-likeness (QED) is 0.488. The van der Waals surface area contributed by atoms with Crippen molar-refractivity contribution in [2.75, 3.05) is 6.61 Å². The van der Waals surface area contributed by atoms with Crippen LogP contribution in [-0.2, 0) is 4.74 Å². The second-order valence-electron chi connectivity index (χ2n) is 14.0. The fraction of sp³-hybridized carbons (Fsp3) is 0.867. The Morgan fingerprint density at radius 2 is 1.79 bits per heavy atom. The highest BCUT2D eigenvalue weighted by atomic mass is 16.5. The molecule has 33 heavy (non-hydrogen) atoms. The van der Waals surface area contributed by atoms with Gasteiger partial charge in [-0.2, -0.15) is 0 Å². The summed E-state index contributed by atoms with van der Waals surface area (Å²) in [5.41, 5.74) is 1.45. The van der Waals surface area contributed by atoms with E-state index in [9.17, 15) is 10.2 Å². The summed E-state index contributed by atoms with van der Waals surface area (Å²) >= 11 is 0. The number of aliphatic hydroxyl groups excluding tert-OH is 2. The number of hydrogen-bond acceptors (Lipinski definition) is 3. The smallest absolute Gasteiger partial charge is 0.0972 e. The molecule has 10 atom stereocenters. The van der Waals surface area contributed by atoms with Crippen LogP contribution < -0.4 is 0 Å². The number of hydrogen-bond donors (Lipinski definition) is 2. The van der Waals surface area contributed by atoms with E-state index in [1.54, 1.807) is 0 Å². The highest BCUT2D eigenvalue weighted by Gasteiger charge is 2.75. The maximum atomic E-state index is 10.9. The van der Waals surface area contributed by atoms with E-state index in [1.807, 2.05) is 6.08 Å². The molecule has 0 aromatic rings. The lowest BCUT2D eigenvalue weighted by Crippen LogP contribution is -2.64. The molecule has 1 heterocycles. The maximum absolute atomic E-state index is 10.9. The fourth-order valence-corrected chi connectivity index (χ4v) is 10.2. The Balaban J connectivity index is 1.48. The van der Waals surface area contributed by atoms with E-state index >= 15 is 0 Å². The minimum absolute atomic E-state index is 0.222. The van der Waals surface area contributed by atoms with E-state index in [1.165, 1.54) is 31.3 Å². The number of aliphatic hydroxyl groups is 2. The Morgan fingerprint density at radius 3 is 2.48 bits per heavy atom. The molecule has 1 spiro atoms.